The number of hydrogen-bond acceptors (Lipinski definition) is 26. The molecule has 5 aromatic rings. The van der Waals surface area contributed by atoms with Crippen molar-refractivity contribution in [3.63, 3.8) is 0 Å². The van der Waals surface area contributed by atoms with E-state index in [-0.39, 0.29) is 40.5 Å². The molecule has 3 aliphatic rings. The maximum atomic E-state index is 13.6. The molecule has 0 aliphatic carbocycles. The Labute approximate surface area is 406 Å². The van der Waals surface area contributed by atoms with Crippen molar-refractivity contribution < 1.29 is 103 Å². The van der Waals surface area contributed by atoms with E-state index in [1.54, 1.807) is 6.92 Å². The average molecular weight is 1120 g/mol. The van der Waals surface area contributed by atoms with Gasteiger partial charge in [-0.25, -0.2) is 42.6 Å². The summed E-state index contributed by atoms with van der Waals surface area (Å²) in [4.78, 5) is 99.3. The number of nitrogens with two attached hydrogens (primary N) is 2. The quantitative estimate of drug-likeness (QED) is 0.0270. The number of phosphoric ester groups is 3. The lowest BCUT2D eigenvalue weighted by atomic mass is 9.95. The van der Waals surface area contributed by atoms with Gasteiger partial charge in [-0.05, 0) is 6.42 Å². The van der Waals surface area contributed by atoms with E-state index in [9.17, 15) is 67.5 Å². The van der Waals surface area contributed by atoms with Gasteiger partial charge in [-0.2, -0.15) is 18.2 Å². The lowest BCUT2D eigenvalue weighted by Crippen LogP contribution is -2.38. The third-order valence-electron chi connectivity index (χ3n) is 11.6. The summed E-state index contributed by atoms with van der Waals surface area (Å²) < 4.78 is 109. The van der Waals surface area contributed by atoms with Gasteiger partial charge in [0.25, 0.3) is 16.7 Å². The first-order valence-corrected chi connectivity index (χ1v) is 27.1. The van der Waals surface area contributed by atoms with Crippen LogP contribution in [0.2, 0.25) is 0 Å². The molecule has 0 amide bonds. The number of imidazole rings is 2. The topological polar surface area (TPSA) is 507 Å². The van der Waals surface area contributed by atoms with Crippen LogP contribution in [0, 0.1) is 5.92 Å². The largest absolute Gasteiger partial charge is 0.490 e. The molecule has 0 saturated carbocycles. The molecule has 3 saturated heterocycles. The Hall–Kier alpha value is -4.58. The molecule has 36 nitrogen and oxygen atoms in total. The minimum absolute atomic E-state index is 0.0143. The van der Waals surface area contributed by atoms with Gasteiger partial charge < -0.3 is 65.3 Å². The second kappa shape index (κ2) is 20.9. The number of methoxy groups -OCH3 is 1. The lowest BCUT2D eigenvalue weighted by Gasteiger charge is -2.26. The summed E-state index contributed by atoms with van der Waals surface area (Å²) in [6.45, 7) is -1.50. The molecule has 0 bridgehead atoms. The molecule has 73 heavy (non-hydrogen) atoms. The molecule has 0 spiro atoms. The zero-order valence-corrected chi connectivity index (χ0v) is 41.3. The van der Waals surface area contributed by atoms with Gasteiger partial charge >= 0.3 is 42.5 Å². The molecule has 40 heteroatoms. The van der Waals surface area contributed by atoms with E-state index in [4.69, 9.17) is 48.5 Å². The van der Waals surface area contributed by atoms with Gasteiger partial charge in [-0.15, -0.1) is 0 Å². The summed E-state index contributed by atoms with van der Waals surface area (Å²) in [6, 6.07) is 0.928. The highest BCUT2D eigenvalue weighted by Gasteiger charge is 2.54. The zero-order chi connectivity index (χ0) is 53.1. The number of rotatable bonds is 20. The number of hydrogen-bond donors (Lipinski definition) is 11. The van der Waals surface area contributed by atoms with Crippen LogP contribution in [0.15, 0.2) is 45.6 Å². The van der Waals surface area contributed by atoms with Crippen LogP contribution in [0.1, 0.15) is 32.0 Å². The number of aromatic nitrogens is 10. The standard InChI is InChI=1S/C33H46N12O24P4/c1-4-13-14(64-29(20(13)47)45-12-42(2)19-27(45)40-32(35)41-28(19)50)7-62-71(54,55)68-73(58,59)69-72(56,57)63-9-16-23(24(60-3)31(66-16)44-11-38-18-25(34)36-10-37-26(18)44)67-70(52,53)61-8-15-21(48)22(49)30(65-15)43-6-5-17(46)39-33(43)51/h5-6,10-16,20-24,29-31,47-49H,4,7-9H2,1-3H3,(H9-,34,35,36,37,39,40,41,46,50,51,52,53,54,55,56,57,58,59)/p+1/t13-,14-,15-,16-,20-,21-,22-,23-,24-,29-,30-,31-/m1/s1. The SMILES string of the molecule is CC[C@H]1[C@@H](O)[C@H](n2c[n+](C)c3c(=O)[nH]c(N)nc32)O[C@@H]1COP(=O)(O)OP(=O)(O)OP(=O)(O)OC[C@H]1O[C@@H](n2cnc3c(N)ncnc32)[C@H](OC)[C@@H]1OP(=O)(O)OC[C@H]1O[C@@H](n2ccc(=O)[nH]c2=O)[C@H](O)[C@@H]1O. The summed E-state index contributed by atoms with van der Waals surface area (Å²) in [5.74, 6) is -1.16. The van der Waals surface area contributed by atoms with Crippen molar-refractivity contribution in [3.8, 4) is 0 Å². The number of nitrogens with zero attached hydrogens (tertiary/aromatic N) is 8. The summed E-state index contributed by atoms with van der Waals surface area (Å²) in [7, 11) is -20.6. The number of anilines is 2. The van der Waals surface area contributed by atoms with Crippen molar-refractivity contribution >= 4 is 65.4 Å². The molecule has 5 aromatic heterocycles. The molecule has 13 N–H and O–H groups in total. The van der Waals surface area contributed by atoms with E-state index >= 15 is 0 Å². The fourth-order valence-corrected chi connectivity index (χ4v) is 12.9. The molecule has 8 rings (SSSR count). The summed E-state index contributed by atoms with van der Waals surface area (Å²) in [5.41, 5.74) is 9.38. The predicted octanol–water partition coefficient (Wildman–Crippen LogP) is -3.21. The number of aryl methyl sites for hydroxylation is 1. The van der Waals surface area contributed by atoms with Crippen molar-refractivity contribution in [2.24, 2.45) is 13.0 Å². The number of phosphoric acid groups is 4. The minimum atomic E-state index is -6.15. The number of H-pyrrole nitrogens is 2. The first kappa shape index (κ1) is 54.7. The molecule has 0 radical (unpaired) electrons. The van der Waals surface area contributed by atoms with Gasteiger partial charge in [-0.3, -0.25) is 46.8 Å². The predicted molar refractivity (Wildman–Crippen MR) is 236 cm³/mol. The van der Waals surface area contributed by atoms with Crippen LogP contribution in [-0.2, 0) is 71.0 Å². The van der Waals surface area contributed by atoms with Crippen molar-refractivity contribution in [3.05, 3.63) is 62.4 Å². The number of nitrogen functional groups attached to an aromatic ring is 2. The van der Waals surface area contributed by atoms with Crippen LogP contribution >= 0.6 is 31.3 Å². The number of aliphatic hydroxyl groups is 3. The molecule has 16 atom stereocenters. The zero-order valence-electron chi connectivity index (χ0n) is 37.7. The van der Waals surface area contributed by atoms with Crippen LogP contribution < -0.4 is 32.8 Å². The fraction of sp³-hybridized carbons (Fsp3) is 0.576. The smallest absolute Gasteiger partial charge is 0.387 e. The summed E-state index contributed by atoms with van der Waals surface area (Å²) in [5, 5.41) is 32.4. The maximum absolute atomic E-state index is 13.6. The number of nitrogens with one attached hydrogen (secondary N) is 2. The Morgan fingerprint density at radius 2 is 1.36 bits per heavy atom. The van der Waals surface area contributed by atoms with Crippen LogP contribution in [0.3, 0.4) is 0 Å². The van der Waals surface area contributed by atoms with Gasteiger partial charge in [0, 0.05) is 25.3 Å². The Morgan fingerprint density at radius 1 is 0.740 bits per heavy atom. The third-order valence-corrected chi connectivity index (χ3v) is 16.9. The summed E-state index contributed by atoms with van der Waals surface area (Å²) >= 11 is 0. The van der Waals surface area contributed by atoms with Crippen LogP contribution in [0.4, 0.5) is 11.8 Å². The van der Waals surface area contributed by atoms with E-state index in [1.807, 2.05) is 4.98 Å². The van der Waals surface area contributed by atoms with E-state index < -0.39 is 141 Å². The van der Waals surface area contributed by atoms with E-state index in [0.29, 0.717) is 0 Å². The van der Waals surface area contributed by atoms with Crippen molar-refractivity contribution in [1.29, 1.82) is 0 Å². The van der Waals surface area contributed by atoms with Crippen LogP contribution in [-0.4, -0.2) is 154 Å². The highest BCUT2D eigenvalue weighted by molar-refractivity contribution is 7.66. The highest BCUT2D eigenvalue weighted by Crippen LogP contribution is 2.68. The molecule has 8 heterocycles. The number of ether oxygens (including phenoxy) is 4. The Kier molecular flexibility index (Phi) is 15.6. The first-order valence-electron chi connectivity index (χ1n) is 21.1. The monoisotopic (exact) mass is 1120 g/mol. The van der Waals surface area contributed by atoms with Crippen LogP contribution in [0.25, 0.3) is 22.3 Å². The van der Waals surface area contributed by atoms with Gasteiger partial charge in [0.2, 0.25) is 18.5 Å². The van der Waals surface area contributed by atoms with E-state index in [2.05, 4.69) is 33.5 Å². The Morgan fingerprint density at radius 3 is 2.01 bits per heavy atom. The number of aliphatic hydroxyl groups excluding tert-OH is 3. The normalized spacial score (nSPS) is 30.9. The fourth-order valence-electron chi connectivity index (χ4n) is 8.38. The molecule has 0 aromatic carbocycles. The Bertz CT molecular complexity index is 3240. The molecule has 3 fully saturated rings. The lowest BCUT2D eigenvalue weighted by molar-refractivity contribution is -0.646. The molecular weight excluding hydrogens is 1070 g/mol. The maximum Gasteiger partial charge on any atom is 0.490 e. The van der Waals surface area contributed by atoms with E-state index in [1.165, 1.54) is 27.1 Å². The highest BCUT2D eigenvalue weighted by atomic mass is 31.3. The first-order chi connectivity index (χ1) is 34.2. The van der Waals surface area contributed by atoms with Crippen molar-refractivity contribution in [2.45, 2.75) is 80.9 Å². The Balaban J connectivity index is 0.935. The molecule has 3 aliphatic heterocycles. The van der Waals surface area contributed by atoms with Crippen LogP contribution in [0.5, 0.6) is 0 Å². The average Bonchev–Trinajstić information content (AvgIpc) is 4.09. The van der Waals surface area contributed by atoms with Gasteiger partial charge in [0.1, 0.15) is 54.6 Å². The van der Waals surface area contributed by atoms with Gasteiger partial charge in [0.15, 0.2) is 23.9 Å². The number of fused-ring (bicyclic) bond motifs is 2. The van der Waals surface area contributed by atoms with Crippen molar-refractivity contribution in [2.75, 3.05) is 38.4 Å². The minimum Gasteiger partial charge on any atom is -0.387 e. The second-order valence-corrected chi connectivity index (χ2v) is 22.3. The molecule has 4 unspecified atom stereocenters. The summed E-state index contributed by atoms with van der Waals surface area (Å²) in [6.07, 6.45) is -12.7. The van der Waals surface area contributed by atoms with E-state index in [0.717, 1.165) is 36.6 Å². The van der Waals surface area contributed by atoms with Gasteiger partial charge in [0.05, 0.1) is 39.3 Å². The second-order valence-electron chi connectivity index (χ2n) is 16.3. The molecular formula is C33H47N12O24P4+. The number of aromatic amines is 2. The third kappa shape index (κ3) is 11.5. The van der Waals surface area contributed by atoms with Crippen molar-refractivity contribution in [1.82, 2.24) is 43.6 Å². The van der Waals surface area contributed by atoms with Gasteiger partial charge in [-0.1, -0.05) is 6.92 Å². The molecule has 402 valence electrons.